The van der Waals surface area contributed by atoms with Gasteiger partial charge in [0, 0.05) is 18.5 Å². The van der Waals surface area contributed by atoms with Crippen LogP contribution in [0.1, 0.15) is 12.2 Å². The summed E-state index contributed by atoms with van der Waals surface area (Å²) in [5, 5.41) is 1.11. The predicted molar refractivity (Wildman–Crippen MR) is 74.4 cm³/mol. The van der Waals surface area contributed by atoms with Crippen LogP contribution in [0.15, 0.2) is 40.8 Å². The molecule has 0 fully saturated rings. The lowest BCUT2D eigenvalue weighted by Gasteiger charge is -2.25. The van der Waals surface area contributed by atoms with Crippen LogP contribution in [0.5, 0.6) is 0 Å². The van der Waals surface area contributed by atoms with Crippen molar-refractivity contribution in [3.05, 3.63) is 42.2 Å². The van der Waals surface area contributed by atoms with Crippen LogP contribution >= 0.6 is 0 Å². The lowest BCUT2D eigenvalue weighted by Crippen LogP contribution is -2.38. The van der Waals surface area contributed by atoms with Crippen LogP contribution < -0.4 is 5.73 Å². The Kier molecular flexibility index (Phi) is 3.09. The highest BCUT2D eigenvalue weighted by Gasteiger charge is 2.18. The molecule has 0 aliphatic carbocycles. The first-order valence-corrected chi connectivity index (χ1v) is 6.44. The van der Waals surface area contributed by atoms with E-state index < -0.39 is 0 Å². The Balaban J connectivity index is 1.83. The van der Waals surface area contributed by atoms with Crippen molar-refractivity contribution in [3.63, 3.8) is 0 Å². The molecular weight excluding hydrogens is 240 g/mol. The molecule has 1 aromatic heterocycles. The first-order chi connectivity index (χ1) is 9.28. The Morgan fingerprint density at radius 2 is 2.21 bits per heavy atom. The van der Waals surface area contributed by atoms with E-state index in [0.717, 1.165) is 28.7 Å². The highest BCUT2D eigenvalue weighted by atomic mass is 16.3. The number of nitrogens with zero attached hydrogens (tertiary/aromatic N) is 1. The van der Waals surface area contributed by atoms with E-state index in [4.69, 9.17) is 10.2 Å². The van der Waals surface area contributed by atoms with E-state index in [-0.39, 0.29) is 12.5 Å². The smallest absolute Gasteiger partial charge is 0.236 e. The molecule has 0 spiro atoms. The summed E-state index contributed by atoms with van der Waals surface area (Å²) < 4.78 is 5.83. The van der Waals surface area contributed by atoms with Crippen molar-refractivity contribution < 1.29 is 9.21 Å². The number of rotatable bonds is 2. The maximum Gasteiger partial charge on any atom is 0.236 e. The fourth-order valence-electron chi connectivity index (χ4n) is 2.39. The highest BCUT2D eigenvalue weighted by Crippen LogP contribution is 2.28. The molecule has 0 atom stereocenters. The molecule has 1 aliphatic rings. The molecule has 19 heavy (non-hydrogen) atoms. The lowest BCUT2D eigenvalue weighted by molar-refractivity contribution is -0.129. The first kappa shape index (κ1) is 12.0. The minimum absolute atomic E-state index is 0.0000870. The van der Waals surface area contributed by atoms with Gasteiger partial charge in [0.05, 0.1) is 6.54 Å². The van der Waals surface area contributed by atoms with Crippen LogP contribution in [-0.2, 0) is 4.79 Å². The van der Waals surface area contributed by atoms with Crippen molar-refractivity contribution in [1.82, 2.24) is 4.90 Å². The van der Waals surface area contributed by atoms with Gasteiger partial charge < -0.3 is 15.1 Å². The van der Waals surface area contributed by atoms with Gasteiger partial charge in [-0.1, -0.05) is 24.3 Å². The molecule has 0 radical (unpaired) electrons. The van der Waals surface area contributed by atoms with Crippen LogP contribution in [0.25, 0.3) is 16.5 Å². The second kappa shape index (κ2) is 4.90. The Hall–Kier alpha value is -2.07. The zero-order valence-electron chi connectivity index (χ0n) is 10.6. The summed E-state index contributed by atoms with van der Waals surface area (Å²) in [7, 11) is 0. The van der Waals surface area contributed by atoms with Gasteiger partial charge in [0.25, 0.3) is 0 Å². The second-order valence-electron chi connectivity index (χ2n) is 4.67. The standard InChI is InChI=1S/C15H16N2O2/c16-10-15(18)17-7-5-11(6-8-17)14-9-12-3-1-2-4-13(12)19-14/h1-5,9H,6-8,10,16H2. The Morgan fingerprint density at radius 1 is 1.37 bits per heavy atom. The molecule has 1 aromatic carbocycles. The quantitative estimate of drug-likeness (QED) is 0.894. The minimum Gasteiger partial charge on any atom is -0.456 e. The van der Waals surface area contributed by atoms with Crippen molar-refractivity contribution >= 4 is 22.4 Å². The predicted octanol–water partition coefficient (Wildman–Crippen LogP) is 2.01. The number of carbonyl (C=O) groups is 1. The van der Waals surface area contributed by atoms with Crippen molar-refractivity contribution in [3.8, 4) is 0 Å². The minimum atomic E-state index is -0.0000870. The number of carbonyl (C=O) groups excluding carboxylic acids is 1. The molecule has 3 rings (SSSR count). The molecule has 2 heterocycles. The van der Waals surface area contributed by atoms with Gasteiger partial charge >= 0.3 is 0 Å². The van der Waals surface area contributed by atoms with E-state index in [1.165, 1.54) is 0 Å². The Labute approximate surface area is 111 Å². The zero-order chi connectivity index (χ0) is 13.2. The second-order valence-corrected chi connectivity index (χ2v) is 4.67. The molecule has 98 valence electrons. The summed E-state index contributed by atoms with van der Waals surface area (Å²) in [6, 6.07) is 10.0. The third kappa shape index (κ3) is 2.27. The number of benzene rings is 1. The summed E-state index contributed by atoms with van der Waals surface area (Å²) in [4.78, 5) is 13.3. The molecule has 4 nitrogen and oxygen atoms in total. The molecular formula is C15H16N2O2. The number of hydrogen-bond donors (Lipinski definition) is 1. The van der Waals surface area contributed by atoms with Gasteiger partial charge in [-0.15, -0.1) is 0 Å². The lowest BCUT2D eigenvalue weighted by atomic mass is 10.1. The van der Waals surface area contributed by atoms with E-state index in [9.17, 15) is 4.79 Å². The van der Waals surface area contributed by atoms with Gasteiger partial charge in [-0.25, -0.2) is 0 Å². The molecule has 0 saturated carbocycles. The van der Waals surface area contributed by atoms with E-state index in [0.29, 0.717) is 13.1 Å². The van der Waals surface area contributed by atoms with Gasteiger partial charge in [0.1, 0.15) is 11.3 Å². The molecule has 0 bridgehead atoms. The summed E-state index contributed by atoms with van der Waals surface area (Å²) in [6.07, 6.45) is 2.86. The number of fused-ring (bicyclic) bond motifs is 1. The number of para-hydroxylation sites is 1. The highest BCUT2D eigenvalue weighted by molar-refractivity contribution is 5.83. The van der Waals surface area contributed by atoms with E-state index in [1.807, 2.05) is 24.3 Å². The number of amides is 1. The maximum absolute atomic E-state index is 11.5. The van der Waals surface area contributed by atoms with E-state index in [2.05, 4.69) is 12.1 Å². The van der Waals surface area contributed by atoms with Gasteiger partial charge in [-0.3, -0.25) is 4.79 Å². The average molecular weight is 256 g/mol. The van der Waals surface area contributed by atoms with Crippen LogP contribution in [-0.4, -0.2) is 30.4 Å². The first-order valence-electron chi connectivity index (χ1n) is 6.44. The molecule has 1 amide bonds. The van der Waals surface area contributed by atoms with Crippen LogP contribution in [0.4, 0.5) is 0 Å². The van der Waals surface area contributed by atoms with Gasteiger partial charge in [-0.2, -0.15) is 0 Å². The van der Waals surface area contributed by atoms with Gasteiger partial charge in [0.2, 0.25) is 5.91 Å². The van der Waals surface area contributed by atoms with Crippen molar-refractivity contribution in [2.24, 2.45) is 5.73 Å². The van der Waals surface area contributed by atoms with Crippen molar-refractivity contribution in [1.29, 1.82) is 0 Å². The molecule has 2 aromatic rings. The molecule has 1 aliphatic heterocycles. The third-order valence-electron chi connectivity index (χ3n) is 3.48. The van der Waals surface area contributed by atoms with Crippen molar-refractivity contribution in [2.75, 3.05) is 19.6 Å². The molecule has 0 saturated heterocycles. The van der Waals surface area contributed by atoms with Crippen LogP contribution in [0, 0.1) is 0 Å². The summed E-state index contributed by atoms with van der Waals surface area (Å²) in [5.74, 6) is 0.904. The molecule has 4 heteroatoms. The van der Waals surface area contributed by atoms with E-state index in [1.54, 1.807) is 4.90 Å². The number of nitrogens with two attached hydrogens (primary N) is 1. The average Bonchev–Trinajstić information content (AvgIpc) is 2.90. The Morgan fingerprint density at radius 3 is 2.89 bits per heavy atom. The van der Waals surface area contributed by atoms with Gasteiger partial charge in [0.15, 0.2) is 0 Å². The van der Waals surface area contributed by atoms with E-state index >= 15 is 0 Å². The molecule has 2 N–H and O–H groups in total. The third-order valence-corrected chi connectivity index (χ3v) is 3.48. The number of hydrogen-bond acceptors (Lipinski definition) is 3. The van der Waals surface area contributed by atoms with Gasteiger partial charge in [-0.05, 0) is 24.1 Å². The zero-order valence-corrected chi connectivity index (χ0v) is 10.6. The monoisotopic (exact) mass is 256 g/mol. The molecule has 0 unspecified atom stereocenters. The Bertz CT molecular complexity index is 609. The number of furan rings is 1. The maximum atomic E-state index is 11.5. The van der Waals surface area contributed by atoms with Crippen LogP contribution in [0.3, 0.4) is 0 Å². The van der Waals surface area contributed by atoms with Crippen molar-refractivity contribution in [2.45, 2.75) is 6.42 Å². The topological polar surface area (TPSA) is 59.5 Å². The normalized spacial score (nSPS) is 15.6. The summed E-state index contributed by atoms with van der Waals surface area (Å²) in [6.45, 7) is 1.40. The summed E-state index contributed by atoms with van der Waals surface area (Å²) in [5.41, 5.74) is 7.44. The largest absolute Gasteiger partial charge is 0.456 e. The fraction of sp³-hybridized carbons (Fsp3) is 0.267. The van der Waals surface area contributed by atoms with Crippen LogP contribution in [0.2, 0.25) is 0 Å². The fourth-order valence-corrected chi connectivity index (χ4v) is 2.39. The summed E-state index contributed by atoms with van der Waals surface area (Å²) >= 11 is 0. The SMILES string of the molecule is NCC(=O)N1CC=C(c2cc3ccccc3o2)CC1.